The lowest BCUT2D eigenvalue weighted by atomic mass is 10.0. The molecule has 3 rings (SSSR count). The van der Waals surface area contributed by atoms with Crippen LogP contribution in [-0.2, 0) is 18.9 Å². The van der Waals surface area contributed by atoms with E-state index in [2.05, 4.69) is 6.58 Å². The Morgan fingerprint density at radius 1 is 1.00 bits per heavy atom. The molecule has 0 spiro atoms. The van der Waals surface area contributed by atoms with E-state index >= 15 is 0 Å². The van der Waals surface area contributed by atoms with E-state index in [0.29, 0.717) is 11.1 Å². The first-order valence-corrected chi connectivity index (χ1v) is 10.9. The molecule has 5 atom stereocenters. The highest BCUT2D eigenvalue weighted by Crippen LogP contribution is 2.28. The fourth-order valence-electron chi connectivity index (χ4n) is 3.49. The van der Waals surface area contributed by atoms with Gasteiger partial charge in [-0.15, -0.1) is 6.58 Å². The van der Waals surface area contributed by atoms with Crippen molar-refractivity contribution in [3.8, 4) is 0 Å². The molecule has 1 fully saturated rings. The summed E-state index contributed by atoms with van der Waals surface area (Å²) in [6.45, 7) is 7.50. The highest BCUT2D eigenvalue weighted by Gasteiger charge is 2.41. The molecule has 0 saturated carbocycles. The number of carbonyl (C=O) groups is 2. The zero-order chi connectivity index (χ0) is 22.9. The van der Waals surface area contributed by atoms with E-state index in [4.69, 9.17) is 18.9 Å². The average Bonchev–Trinajstić information content (AvgIpc) is 2.81. The second-order valence-electron chi connectivity index (χ2n) is 7.88. The molecular weight excluding hydrogens is 408 g/mol. The molecule has 0 N–H and O–H groups in total. The molecule has 0 aromatic heterocycles. The van der Waals surface area contributed by atoms with Crippen LogP contribution in [0.25, 0.3) is 0 Å². The summed E-state index contributed by atoms with van der Waals surface area (Å²) in [6, 6.07) is 17.5. The molecule has 170 valence electrons. The number of hydrogen-bond donors (Lipinski definition) is 0. The van der Waals surface area contributed by atoms with Gasteiger partial charge in [-0.3, -0.25) is 0 Å². The normalized spacial score (nSPS) is 23.7. The van der Waals surface area contributed by atoms with E-state index in [9.17, 15) is 9.59 Å². The Balaban J connectivity index is 1.72. The van der Waals surface area contributed by atoms with Gasteiger partial charge in [-0.2, -0.15) is 0 Å². The number of rotatable bonds is 9. The lowest BCUT2D eigenvalue weighted by Crippen LogP contribution is -2.51. The summed E-state index contributed by atoms with van der Waals surface area (Å²) in [5.74, 6) is -0.924. The zero-order valence-electron chi connectivity index (χ0n) is 18.5. The fraction of sp³-hybridized carbons (Fsp3) is 0.385. The molecular formula is C26H30O6. The van der Waals surface area contributed by atoms with E-state index in [1.54, 1.807) is 48.5 Å². The summed E-state index contributed by atoms with van der Waals surface area (Å²) >= 11 is 0. The van der Waals surface area contributed by atoms with Crippen molar-refractivity contribution < 1.29 is 28.5 Å². The first-order chi connectivity index (χ1) is 15.5. The van der Waals surface area contributed by atoms with Gasteiger partial charge in [0.1, 0.15) is 6.10 Å². The first kappa shape index (κ1) is 23.7. The smallest absolute Gasteiger partial charge is 0.338 e. The Kier molecular flexibility index (Phi) is 8.59. The van der Waals surface area contributed by atoms with Crippen molar-refractivity contribution in [1.82, 2.24) is 0 Å². The maximum atomic E-state index is 12.7. The number of hydrogen-bond acceptors (Lipinski definition) is 6. The van der Waals surface area contributed by atoms with Crippen molar-refractivity contribution >= 4 is 11.9 Å². The summed E-state index contributed by atoms with van der Waals surface area (Å²) in [5, 5.41) is 0. The summed E-state index contributed by atoms with van der Waals surface area (Å²) < 4.78 is 23.6. The van der Waals surface area contributed by atoms with Crippen molar-refractivity contribution in [2.24, 2.45) is 0 Å². The Morgan fingerprint density at radius 2 is 1.53 bits per heavy atom. The van der Waals surface area contributed by atoms with Crippen LogP contribution in [-0.4, -0.2) is 42.6 Å². The van der Waals surface area contributed by atoms with Crippen LogP contribution in [0, 0.1) is 0 Å². The van der Waals surface area contributed by atoms with Gasteiger partial charge < -0.3 is 18.9 Å². The predicted octanol–water partition coefficient (Wildman–Crippen LogP) is 4.94. The van der Waals surface area contributed by atoms with Gasteiger partial charge in [0.05, 0.1) is 23.3 Å². The van der Waals surface area contributed by atoms with Crippen LogP contribution in [0.4, 0.5) is 0 Å². The van der Waals surface area contributed by atoms with Crippen LogP contribution < -0.4 is 0 Å². The van der Waals surface area contributed by atoms with E-state index in [1.165, 1.54) is 0 Å². The minimum atomic E-state index is -0.760. The molecule has 0 bridgehead atoms. The maximum Gasteiger partial charge on any atom is 0.338 e. The Labute approximate surface area is 189 Å². The zero-order valence-corrected chi connectivity index (χ0v) is 18.5. The predicted molar refractivity (Wildman–Crippen MR) is 120 cm³/mol. The third-order valence-corrected chi connectivity index (χ3v) is 5.32. The molecule has 2 aromatic carbocycles. The van der Waals surface area contributed by atoms with Crippen LogP contribution in [0.1, 0.15) is 53.8 Å². The SMILES string of the molecule is C=CCC[C@@H](C)O[C@@H]1OC(C)[C@H](OC(=O)c2ccccc2)CC1OC(=O)c1ccccc1. The van der Waals surface area contributed by atoms with Crippen molar-refractivity contribution in [2.75, 3.05) is 0 Å². The Bertz CT molecular complexity index is 882. The average molecular weight is 439 g/mol. The van der Waals surface area contributed by atoms with Gasteiger partial charge in [-0.25, -0.2) is 9.59 Å². The first-order valence-electron chi connectivity index (χ1n) is 10.9. The summed E-state index contributed by atoms with van der Waals surface area (Å²) in [5.41, 5.74) is 0.886. The molecule has 0 amide bonds. The van der Waals surface area contributed by atoms with Gasteiger partial charge in [-0.1, -0.05) is 42.5 Å². The van der Waals surface area contributed by atoms with E-state index < -0.39 is 36.5 Å². The molecule has 2 aromatic rings. The lowest BCUT2D eigenvalue weighted by molar-refractivity contribution is -0.272. The molecule has 6 nitrogen and oxygen atoms in total. The summed E-state index contributed by atoms with van der Waals surface area (Å²) in [7, 11) is 0. The number of esters is 2. The second-order valence-corrected chi connectivity index (χ2v) is 7.88. The molecule has 1 heterocycles. The molecule has 1 aliphatic heterocycles. The van der Waals surface area contributed by atoms with Crippen LogP contribution in [0.15, 0.2) is 73.3 Å². The fourth-order valence-corrected chi connectivity index (χ4v) is 3.49. The molecule has 0 aliphatic carbocycles. The van der Waals surface area contributed by atoms with Crippen molar-refractivity contribution in [3.05, 3.63) is 84.4 Å². The minimum Gasteiger partial charge on any atom is -0.456 e. The monoisotopic (exact) mass is 438 g/mol. The third-order valence-electron chi connectivity index (χ3n) is 5.32. The topological polar surface area (TPSA) is 71.1 Å². The van der Waals surface area contributed by atoms with E-state index in [-0.39, 0.29) is 12.5 Å². The summed E-state index contributed by atoms with van der Waals surface area (Å²) in [4.78, 5) is 25.3. The van der Waals surface area contributed by atoms with Crippen molar-refractivity contribution in [1.29, 1.82) is 0 Å². The minimum absolute atomic E-state index is 0.119. The van der Waals surface area contributed by atoms with Gasteiger partial charge in [0.2, 0.25) is 0 Å². The van der Waals surface area contributed by atoms with E-state index in [1.807, 2.05) is 32.1 Å². The number of ether oxygens (including phenoxy) is 4. The second kappa shape index (κ2) is 11.6. The number of carbonyl (C=O) groups excluding carboxylic acids is 2. The number of benzene rings is 2. The Morgan fingerprint density at radius 3 is 2.06 bits per heavy atom. The van der Waals surface area contributed by atoms with Crippen LogP contribution in [0.5, 0.6) is 0 Å². The van der Waals surface area contributed by atoms with Crippen LogP contribution in [0.3, 0.4) is 0 Å². The molecule has 6 heteroatoms. The summed E-state index contributed by atoms with van der Waals surface area (Å²) in [6.07, 6.45) is 1.06. The van der Waals surface area contributed by atoms with Gasteiger partial charge >= 0.3 is 11.9 Å². The van der Waals surface area contributed by atoms with Gasteiger partial charge in [-0.05, 0) is 51.0 Å². The van der Waals surface area contributed by atoms with Gasteiger partial charge in [0.15, 0.2) is 12.4 Å². The largest absolute Gasteiger partial charge is 0.456 e. The van der Waals surface area contributed by atoms with Crippen LogP contribution in [0.2, 0.25) is 0 Å². The van der Waals surface area contributed by atoms with Crippen molar-refractivity contribution in [3.63, 3.8) is 0 Å². The highest BCUT2D eigenvalue weighted by molar-refractivity contribution is 5.90. The highest BCUT2D eigenvalue weighted by atomic mass is 16.7. The molecule has 2 unspecified atom stereocenters. The number of allylic oxidation sites excluding steroid dienone is 1. The molecule has 0 radical (unpaired) electrons. The standard InChI is InChI=1S/C26H30O6/c1-4-5-12-18(2)29-26-23(32-25(28)21-15-10-7-11-16-21)17-22(19(3)30-26)31-24(27)20-13-8-6-9-14-20/h4,6-11,13-16,18-19,22-23,26H,1,5,12,17H2,2-3H3/t18-,19?,22-,23?,26-/m1/s1. The molecule has 32 heavy (non-hydrogen) atoms. The van der Waals surface area contributed by atoms with Crippen LogP contribution >= 0.6 is 0 Å². The van der Waals surface area contributed by atoms with Gasteiger partial charge in [0.25, 0.3) is 0 Å². The quantitative estimate of drug-likeness (QED) is 0.408. The third kappa shape index (κ3) is 6.52. The van der Waals surface area contributed by atoms with Crippen molar-refractivity contribution in [2.45, 2.75) is 63.8 Å². The Hall–Kier alpha value is -2.96. The lowest BCUT2D eigenvalue weighted by Gasteiger charge is -2.39. The van der Waals surface area contributed by atoms with Gasteiger partial charge in [0, 0.05) is 6.42 Å². The van der Waals surface area contributed by atoms with E-state index in [0.717, 1.165) is 12.8 Å². The molecule has 1 aliphatic rings. The molecule has 1 saturated heterocycles. The maximum absolute atomic E-state index is 12.7.